The van der Waals surface area contributed by atoms with Crippen LogP contribution in [0.3, 0.4) is 0 Å². The molecule has 0 aliphatic heterocycles. The first-order chi connectivity index (χ1) is 12.0. The maximum absolute atomic E-state index is 11.3. The summed E-state index contributed by atoms with van der Waals surface area (Å²) in [6.07, 6.45) is 1.46. The van der Waals surface area contributed by atoms with Crippen LogP contribution in [0.4, 0.5) is 11.4 Å². The molecule has 2 aromatic rings. The molecule has 0 aliphatic carbocycles. The number of rotatable bonds is 8. The molecule has 0 saturated carbocycles. The molecule has 0 fully saturated rings. The molecule has 0 atom stereocenters. The fraction of sp³-hybridized carbons (Fsp3) is 0.235. The lowest BCUT2D eigenvalue weighted by molar-refractivity contribution is -0.385. The van der Waals surface area contributed by atoms with Crippen molar-refractivity contribution in [2.45, 2.75) is 13.8 Å². The van der Waals surface area contributed by atoms with Gasteiger partial charge in [-0.2, -0.15) is 5.10 Å². The number of hydrogen-bond acceptors (Lipinski definition) is 6. The van der Waals surface area contributed by atoms with Crippen LogP contribution in [0.2, 0.25) is 5.02 Å². The standard InChI is InChI=1S/C17H18ClN3O4/c1-3-24-16-10-17(25-4-2)15(21(22)23)9-12(16)11-19-20-14-7-5-13(18)6-8-14/h5-11,20H,3-4H2,1-2H3/b19-11+. The van der Waals surface area contributed by atoms with Gasteiger partial charge in [-0.15, -0.1) is 0 Å². The Bertz CT molecular complexity index is 763. The van der Waals surface area contributed by atoms with Crippen molar-refractivity contribution in [3.8, 4) is 11.5 Å². The number of hydrazone groups is 1. The monoisotopic (exact) mass is 363 g/mol. The predicted octanol–water partition coefficient (Wildman–Crippen LogP) is 4.49. The first-order valence-electron chi connectivity index (χ1n) is 7.67. The number of anilines is 1. The van der Waals surface area contributed by atoms with Crippen molar-refractivity contribution in [1.29, 1.82) is 0 Å². The average molecular weight is 364 g/mol. The molecule has 0 spiro atoms. The lowest BCUT2D eigenvalue weighted by atomic mass is 10.1. The van der Waals surface area contributed by atoms with Gasteiger partial charge in [0.15, 0.2) is 0 Å². The minimum Gasteiger partial charge on any atom is -0.493 e. The average Bonchev–Trinajstić information content (AvgIpc) is 2.58. The molecule has 0 heterocycles. The lowest BCUT2D eigenvalue weighted by Crippen LogP contribution is -2.03. The van der Waals surface area contributed by atoms with E-state index in [1.807, 2.05) is 6.92 Å². The zero-order valence-electron chi connectivity index (χ0n) is 13.9. The van der Waals surface area contributed by atoms with Gasteiger partial charge in [-0.3, -0.25) is 15.5 Å². The maximum atomic E-state index is 11.3. The summed E-state index contributed by atoms with van der Waals surface area (Å²) in [5.41, 5.74) is 3.90. The minimum absolute atomic E-state index is 0.141. The molecule has 8 heteroatoms. The highest BCUT2D eigenvalue weighted by Crippen LogP contribution is 2.34. The fourth-order valence-electron chi connectivity index (χ4n) is 2.06. The summed E-state index contributed by atoms with van der Waals surface area (Å²) in [6, 6.07) is 9.88. The molecule has 0 unspecified atom stereocenters. The number of nitro groups is 1. The van der Waals surface area contributed by atoms with Gasteiger partial charge in [0.05, 0.1) is 30.0 Å². The van der Waals surface area contributed by atoms with Crippen LogP contribution in [0.5, 0.6) is 11.5 Å². The number of hydrogen-bond donors (Lipinski definition) is 1. The Hall–Kier alpha value is -2.80. The van der Waals surface area contributed by atoms with Gasteiger partial charge in [0, 0.05) is 22.7 Å². The molecule has 7 nitrogen and oxygen atoms in total. The van der Waals surface area contributed by atoms with Crippen molar-refractivity contribution >= 4 is 29.2 Å². The van der Waals surface area contributed by atoms with Gasteiger partial charge in [-0.05, 0) is 38.1 Å². The van der Waals surface area contributed by atoms with Crippen molar-refractivity contribution in [2.75, 3.05) is 18.6 Å². The second kappa shape index (κ2) is 8.89. The molecule has 0 amide bonds. The van der Waals surface area contributed by atoms with Gasteiger partial charge < -0.3 is 9.47 Å². The Morgan fingerprint density at radius 3 is 2.40 bits per heavy atom. The second-order valence-corrected chi connectivity index (χ2v) is 5.29. The van der Waals surface area contributed by atoms with Crippen molar-refractivity contribution < 1.29 is 14.4 Å². The molecule has 0 saturated heterocycles. The van der Waals surface area contributed by atoms with Crippen molar-refractivity contribution in [1.82, 2.24) is 0 Å². The van der Waals surface area contributed by atoms with E-state index in [2.05, 4.69) is 10.5 Å². The van der Waals surface area contributed by atoms with E-state index < -0.39 is 4.92 Å². The zero-order chi connectivity index (χ0) is 18.2. The summed E-state index contributed by atoms with van der Waals surface area (Å²) in [7, 11) is 0. The van der Waals surface area contributed by atoms with E-state index in [0.29, 0.717) is 29.5 Å². The van der Waals surface area contributed by atoms with E-state index in [1.54, 1.807) is 31.2 Å². The number of nitrogens with one attached hydrogen (secondary N) is 1. The van der Waals surface area contributed by atoms with Gasteiger partial charge in [0.2, 0.25) is 5.75 Å². The van der Waals surface area contributed by atoms with E-state index in [0.717, 1.165) is 5.69 Å². The molecule has 2 aromatic carbocycles. The Morgan fingerprint density at radius 1 is 1.16 bits per heavy atom. The van der Waals surface area contributed by atoms with Crippen LogP contribution in [0.25, 0.3) is 0 Å². The smallest absolute Gasteiger partial charge is 0.311 e. The van der Waals surface area contributed by atoms with Crippen molar-refractivity contribution in [3.63, 3.8) is 0 Å². The Labute approximate surface area is 150 Å². The molecule has 0 bridgehead atoms. The first-order valence-corrected chi connectivity index (χ1v) is 8.05. The van der Waals surface area contributed by atoms with Crippen molar-refractivity contribution in [2.24, 2.45) is 5.10 Å². The third-order valence-electron chi connectivity index (χ3n) is 3.13. The molecule has 2 rings (SSSR count). The normalized spacial score (nSPS) is 10.7. The molecule has 0 aromatic heterocycles. The van der Waals surface area contributed by atoms with Crippen LogP contribution in [0.15, 0.2) is 41.5 Å². The van der Waals surface area contributed by atoms with E-state index in [9.17, 15) is 10.1 Å². The highest BCUT2D eigenvalue weighted by Gasteiger charge is 2.19. The molecule has 25 heavy (non-hydrogen) atoms. The van der Waals surface area contributed by atoms with E-state index in [-0.39, 0.29) is 11.4 Å². The van der Waals surface area contributed by atoms with Gasteiger partial charge in [0.25, 0.3) is 0 Å². The van der Waals surface area contributed by atoms with Crippen LogP contribution in [-0.2, 0) is 0 Å². The largest absolute Gasteiger partial charge is 0.493 e. The zero-order valence-corrected chi connectivity index (χ0v) is 14.6. The summed E-state index contributed by atoms with van der Waals surface area (Å²) in [5, 5.41) is 16.0. The van der Waals surface area contributed by atoms with Gasteiger partial charge in [-0.25, -0.2) is 0 Å². The quantitative estimate of drug-likeness (QED) is 0.424. The summed E-state index contributed by atoms with van der Waals surface area (Å²) in [5.74, 6) is 0.622. The van der Waals surface area contributed by atoms with Gasteiger partial charge in [-0.1, -0.05) is 11.6 Å². The topological polar surface area (TPSA) is 86.0 Å². The highest BCUT2D eigenvalue weighted by atomic mass is 35.5. The van der Waals surface area contributed by atoms with E-state index in [4.69, 9.17) is 21.1 Å². The third-order valence-corrected chi connectivity index (χ3v) is 3.38. The predicted molar refractivity (Wildman–Crippen MR) is 98.1 cm³/mol. The minimum atomic E-state index is -0.495. The number of halogens is 1. The number of nitrogens with zero attached hydrogens (tertiary/aromatic N) is 2. The maximum Gasteiger partial charge on any atom is 0.311 e. The molecule has 0 radical (unpaired) electrons. The number of ether oxygens (including phenoxy) is 2. The molecule has 0 aliphatic rings. The van der Waals surface area contributed by atoms with E-state index >= 15 is 0 Å². The SMILES string of the molecule is CCOc1cc(OCC)c([N+](=O)[O-])cc1/C=N/Nc1ccc(Cl)cc1. The summed E-state index contributed by atoms with van der Waals surface area (Å²) in [4.78, 5) is 10.8. The molecule has 1 N–H and O–H groups in total. The highest BCUT2D eigenvalue weighted by molar-refractivity contribution is 6.30. The van der Waals surface area contributed by atoms with Gasteiger partial charge in [0.1, 0.15) is 5.75 Å². The number of nitro benzene ring substituents is 1. The summed E-state index contributed by atoms with van der Waals surface area (Å²) >= 11 is 5.83. The Kier molecular flexibility index (Phi) is 6.59. The second-order valence-electron chi connectivity index (χ2n) is 4.86. The number of benzene rings is 2. The van der Waals surface area contributed by atoms with Gasteiger partial charge >= 0.3 is 5.69 Å². The fourth-order valence-corrected chi connectivity index (χ4v) is 2.19. The Balaban J connectivity index is 2.30. The first kappa shape index (κ1) is 18.5. The van der Waals surface area contributed by atoms with Crippen LogP contribution in [0.1, 0.15) is 19.4 Å². The van der Waals surface area contributed by atoms with Crippen LogP contribution in [0, 0.1) is 10.1 Å². The molecule has 132 valence electrons. The molecular formula is C17H18ClN3O4. The van der Waals surface area contributed by atoms with Crippen LogP contribution >= 0.6 is 11.6 Å². The summed E-state index contributed by atoms with van der Waals surface area (Å²) < 4.78 is 10.9. The van der Waals surface area contributed by atoms with E-state index in [1.165, 1.54) is 18.3 Å². The Morgan fingerprint density at radius 2 is 1.80 bits per heavy atom. The summed E-state index contributed by atoms with van der Waals surface area (Å²) in [6.45, 7) is 4.32. The molecular weight excluding hydrogens is 346 g/mol. The van der Waals surface area contributed by atoms with Crippen molar-refractivity contribution in [3.05, 3.63) is 57.1 Å². The third kappa shape index (κ3) is 5.09. The lowest BCUT2D eigenvalue weighted by Gasteiger charge is -2.11. The van der Waals surface area contributed by atoms with Crippen LogP contribution < -0.4 is 14.9 Å². The van der Waals surface area contributed by atoms with Crippen LogP contribution in [-0.4, -0.2) is 24.4 Å².